The first-order chi connectivity index (χ1) is 9.08. The fraction of sp³-hybridized carbons (Fsp3) is 0.133. The summed E-state index contributed by atoms with van der Waals surface area (Å²) >= 11 is 6.25. The van der Waals surface area contributed by atoms with Crippen LogP contribution in [0.15, 0.2) is 36.4 Å². The first-order valence-electron chi connectivity index (χ1n) is 6.05. The zero-order chi connectivity index (χ0) is 13.6. The molecule has 3 aromatic rings. The van der Waals surface area contributed by atoms with Gasteiger partial charge in [0.2, 0.25) is 0 Å². The lowest BCUT2D eigenvalue weighted by Gasteiger charge is -2.07. The second-order valence-electron chi connectivity index (χ2n) is 4.68. The van der Waals surface area contributed by atoms with Crippen LogP contribution in [0.4, 0.5) is 5.69 Å². The summed E-state index contributed by atoms with van der Waals surface area (Å²) in [6, 6.07) is 11.6. The van der Waals surface area contributed by atoms with Crippen molar-refractivity contribution in [3.8, 4) is 11.4 Å². The topological polar surface area (TPSA) is 43.8 Å². The molecule has 0 atom stereocenters. The van der Waals surface area contributed by atoms with Gasteiger partial charge in [-0.05, 0) is 42.8 Å². The molecule has 0 aliphatic rings. The van der Waals surface area contributed by atoms with Gasteiger partial charge in [-0.1, -0.05) is 17.7 Å². The largest absolute Gasteiger partial charge is 0.399 e. The van der Waals surface area contributed by atoms with E-state index in [9.17, 15) is 0 Å². The third-order valence-corrected chi connectivity index (χ3v) is 3.64. The van der Waals surface area contributed by atoms with Gasteiger partial charge in [0.15, 0.2) is 0 Å². The number of imidazole rings is 1. The van der Waals surface area contributed by atoms with Crippen LogP contribution in [0.1, 0.15) is 5.56 Å². The summed E-state index contributed by atoms with van der Waals surface area (Å²) in [7, 11) is 1.98. The number of anilines is 1. The molecule has 0 radical (unpaired) electrons. The highest BCUT2D eigenvalue weighted by Crippen LogP contribution is 2.30. The minimum Gasteiger partial charge on any atom is -0.399 e. The summed E-state index contributed by atoms with van der Waals surface area (Å²) in [5.41, 5.74) is 10.6. The molecular weight excluding hydrogens is 258 g/mol. The molecule has 1 aromatic heterocycles. The van der Waals surface area contributed by atoms with Gasteiger partial charge >= 0.3 is 0 Å². The maximum absolute atomic E-state index is 6.25. The number of nitrogen functional groups attached to an aromatic ring is 1. The van der Waals surface area contributed by atoms with Crippen LogP contribution in [0, 0.1) is 6.92 Å². The van der Waals surface area contributed by atoms with Crippen molar-refractivity contribution < 1.29 is 0 Å². The van der Waals surface area contributed by atoms with E-state index in [0.717, 1.165) is 33.7 Å². The number of nitrogens with zero attached hydrogens (tertiary/aromatic N) is 2. The molecule has 0 bridgehead atoms. The standard InChI is InChI=1S/C15H14ClN3/c1-9-8-10(17)6-7-11(9)15-18-13-5-3-4-12(16)14(13)19(15)2/h3-8H,17H2,1-2H3. The molecule has 0 fully saturated rings. The van der Waals surface area contributed by atoms with Gasteiger partial charge in [-0.3, -0.25) is 0 Å². The highest BCUT2D eigenvalue weighted by Gasteiger charge is 2.13. The second-order valence-corrected chi connectivity index (χ2v) is 5.08. The first kappa shape index (κ1) is 12.1. The molecular formula is C15H14ClN3. The number of nitrogens with two attached hydrogens (primary N) is 1. The molecule has 0 aliphatic carbocycles. The van der Waals surface area contributed by atoms with Crippen LogP contribution >= 0.6 is 11.6 Å². The average Bonchev–Trinajstić information content (AvgIpc) is 2.68. The summed E-state index contributed by atoms with van der Waals surface area (Å²) in [6.07, 6.45) is 0. The fourth-order valence-electron chi connectivity index (χ4n) is 2.40. The van der Waals surface area contributed by atoms with E-state index in [1.807, 2.05) is 54.9 Å². The van der Waals surface area contributed by atoms with Gasteiger partial charge in [0.25, 0.3) is 0 Å². The molecule has 0 saturated heterocycles. The smallest absolute Gasteiger partial charge is 0.141 e. The molecule has 0 saturated carbocycles. The fourth-order valence-corrected chi connectivity index (χ4v) is 2.70. The third kappa shape index (κ3) is 1.87. The number of fused-ring (bicyclic) bond motifs is 1. The summed E-state index contributed by atoms with van der Waals surface area (Å²) in [5.74, 6) is 0.903. The zero-order valence-corrected chi connectivity index (χ0v) is 11.6. The molecule has 4 heteroatoms. The quantitative estimate of drug-likeness (QED) is 0.685. The van der Waals surface area contributed by atoms with Gasteiger partial charge in [-0.15, -0.1) is 0 Å². The minimum absolute atomic E-state index is 0.715. The monoisotopic (exact) mass is 271 g/mol. The predicted octanol–water partition coefficient (Wildman–Crippen LogP) is 3.78. The van der Waals surface area contributed by atoms with Crippen molar-refractivity contribution in [3.63, 3.8) is 0 Å². The Morgan fingerprint density at radius 2 is 2.00 bits per heavy atom. The zero-order valence-electron chi connectivity index (χ0n) is 10.8. The van der Waals surface area contributed by atoms with E-state index in [4.69, 9.17) is 17.3 Å². The van der Waals surface area contributed by atoms with Gasteiger partial charge in [-0.2, -0.15) is 0 Å². The lowest BCUT2D eigenvalue weighted by molar-refractivity contribution is 0.957. The van der Waals surface area contributed by atoms with Crippen molar-refractivity contribution in [3.05, 3.63) is 47.0 Å². The van der Waals surface area contributed by atoms with Gasteiger partial charge < -0.3 is 10.3 Å². The van der Waals surface area contributed by atoms with Gasteiger partial charge in [0, 0.05) is 18.3 Å². The van der Waals surface area contributed by atoms with Crippen LogP contribution in [-0.4, -0.2) is 9.55 Å². The number of hydrogen-bond acceptors (Lipinski definition) is 2. The summed E-state index contributed by atoms with van der Waals surface area (Å²) in [4.78, 5) is 4.67. The molecule has 2 aromatic carbocycles. The number of benzene rings is 2. The normalized spacial score (nSPS) is 11.1. The predicted molar refractivity (Wildman–Crippen MR) is 80.3 cm³/mol. The molecule has 96 valence electrons. The molecule has 1 heterocycles. The van der Waals surface area contributed by atoms with E-state index in [1.54, 1.807) is 0 Å². The highest BCUT2D eigenvalue weighted by molar-refractivity contribution is 6.35. The molecule has 0 amide bonds. The number of hydrogen-bond donors (Lipinski definition) is 1. The van der Waals surface area contributed by atoms with Gasteiger partial charge in [0.1, 0.15) is 5.82 Å². The average molecular weight is 272 g/mol. The van der Waals surface area contributed by atoms with Gasteiger partial charge in [-0.25, -0.2) is 4.98 Å². The van der Waals surface area contributed by atoms with Crippen LogP contribution in [0.5, 0.6) is 0 Å². The minimum atomic E-state index is 0.715. The van der Waals surface area contributed by atoms with Crippen LogP contribution in [0.3, 0.4) is 0 Å². The summed E-state index contributed by atoms with van der Waals surface area (Å²) in [5, 5.41) is 0.715. The Bertz CT molecular complexity index is 774. The molecule has 0 aliphatic heterocycles. The highest BCUT2D eigenvalue weighted by atomic mass is 35.5. The molecule has 19 heavy (non-hydrogen) atoms. The number of aryl methyl sites for hydroxylation is 2. The lowest BCUT2D eigenvalue weighted by Crippen LogP contribution is -1.96. The van der Waals surface area contributed by atoms with Crippen molar-refractivity contribution in [2.45, 2.75) is 6.92 Å². The van der Waals surface area contributed by atoms with Crippen molar-refractivity contribution >= 4 is 28.3 Å². The Morgan fingerprint density at radius 3 is 2.68 bits per heavy atom. The molecule has 3 nitrogen and oxygen atoms in total. The molecule has 2 N–H and O–H groups in total. The maximum Gasteiger partial charge on any atom is 0.141 e. The molecule has 3 rings (SSSR count). The lowest BCUT2D eigenvalue weighted by atomic mass is 10.1. The molecule has 0 unspecified atom stereocenters. The van der Waals surface area contributed by atoms with E-state index in [1.165, 1.54) is 0 Å². The van der Waals surface area contributed by atoms with E-state index >= 15 is 0 Å². The van der Waals surface area contributed by atoms with Crippen molar-refractivity contribution in [2.24, 2.45) is 7.05 Å². The van der Waals surface area contributed by atoms with E-state index in [0.29, 0.717) is 5.02 Å². The number of aromatic nitrogens is 2. The van der Waals surface area contributed by atoms with Crippen molar-refractivity contribution in [1.82, 2.24) is 9.55 Å². The number of rotatable bonds is 1. The third-order valence-electron chi connectivity index (χ3n) is 3.34. The van der Waals surface area contributed by atoms with E-state index in [-0.39, 0.29) is 0 Å². The SMILES string of the molecule is Cc1cc(N)ccc1-c1nc2cccc(Cl)c2n1C. The Kier molecular flexibility index (Phi) is 2.72. The Morgan fingerprint density at radius 1 is 1.21 bits per heavy atom. The van der Waals surface area contributed by atoms with Gasteiger partial charge in [0.05, 0.1) is 16.1 Å². The van der Waals surface area contributed by atoms with E-state index < -0.39 is 0 Å². The Balaban J connectivity index is 2.31. The van der Waals surface area contributed by atoms with Crippen LogP contribution in [0.2, 0.25) is 5.02 Å². The Labute approximate surface area is 116 Å². The van der Waals surface area contributed by atoms with Crippen LogP contribution in [-0.2, 0) is 7.05 Å². The van der Waals surface area contributed by atoms with Crippen molar-refractivity contribution in [2.75, 3.05) is 5.73 Å². The van der Waals surface area contributed by atoms with Crippen LogP contribution in [0.25, 0.3) is 22.4 Å². The summed E-state index contributed by atoms with van der Waals surface area (Å²) < 4.78 is 2.02. The summed E-state index contributed by atoms with van der Waals surface area (Å²) in [6.45, 7) is 2.03. The first-order valence-corrected chi connectivity index (χ1v) is 6.43. The maximum atomic E-state index is 6.25. The van der Waals surface area contributed by atoms with E-state index in [2.05, 4.69) is 4.98 Å². The number of halogens is 1. The Hall–Kier alpha value is -2.00. The molecule has 0 spiro atoms. The number of para-hydroxylation sites is 1. The van der Waals surface area contributed by atoms with Crippen molar-refractivity contribution in [1.29, 1.82) is 0 Å². The van der Waals surface area contributed by atoms with Crippen LogP contribution < -0.4 is 5.73 Å². The second kappa shape index (κ2) is 4.28.